The molecule has 37 heavy (non-hydrogen) atoms. The van der Waals surface area contributed by atoms with Crippen LogP contribution in [0.15, 0.2) is 0 Å². The first kappa shape index (κ1) is 35.9. The van der Waals surface area contributed by atoms with Gasteiger partial charge in [0.25, 0.3) is 0 Å². The molecule has 5 nitrogen and oxygen atoms in total. The maximum atomic E-state index is 12.0. The Morgan fingerprint density at radius 1 is 0.514 bits per heavy atom. The number of unbranched alkanes of at least 4 members (excludes halogenated alkanes) is 21. The van der Waals surface area contributed by atoms with Crippen LogP contribution in [0.1, 0.15) is 174 Å². The Bertz CT molecular complexity index is 494. The smallest absolute Gasteiger partial charge is 0.306 e. The van der Waals surface area contributed by atoms with Crippen LogP contribution in [0.4, 0.5) is 0 Å². The molecule has 0 aliphatic rings. The van der Waals surface area contributed by atoms with E-state index in [0.717, 1.165) is 38.5 Å². The summed E-state index contributed by atoms with van der Waals surface area (Å²) < 4.78 is 10.5. The van der Waals surface area contributed by atoms with Gasteiger partial charge in [-0.15, -0.1) is 0 Å². The van der Waals surface area contributed by atoms with Gasteiger partial charge in [0.1, 0.15) is 6.61 Å². The summed E-state index contributed by atoms with van der Waals surface area (Å²) in [5.74, 6) is -0.589. The highest BCUT2D eigenvalue weighted by molar-refractivity contribution is 5.70. The summed E-state index contributed by atoms with van der Waals surface area (Å²) in [6.45, 7) is 4.09. The number of aliphatic hydroxyl groups is 1. The van der Waals surface area contributed by atoms with Gasteiger partial charge in [-0.2, -0.15) is 0 Å². The zero-order chi connectivity index (χ0) is 27.2. The van der Waals surface area contributed by atoms with Crippen LogP contribution in [0.3, 0.4) is 0 Å². The van der Waals surface area contributed by atoms with Crippen LogP contribution in [0.2, 0.25) is 0 Å². The molecule has 0 unspecified atom stereocenters. The third-order valence-electron chi connectivity index (χ3n) is 7.15. The second kappa shape index (κ2) is 29.5. The molecule has 0 aliphatic heterocycles. The molecule has 0 amide bonds. The molecule has 1 atom stereocenters. The fourth-order valence-electron chi connectivity index (χ4n) is 4.67. The molecular weight excluding hydrogens is 464 g/mol. The summed E-state index contributed by atoms with van der Waals surface area (Å²) in [5, 5.41) is 9.45. The largest absolute Gasteiger partial charge is 0.462 e. The number of hydrogen-bond acceptors (Lipinski definition) is 5. The Hall–Kier alpha value is -1.10. The Labute approximate surface area is 229 Å². The van der Waals surface area contributed by atoms with E-state index in [1.807, 2.05) is 0 Å². The van der Waals surface area contributed by atoms with E-state index in [0.29, 0.717) is 12.8 Å². The minimum atomic E-state index is -0.758. The van der Waals surface area contributed by atoms with Crippen molar-refractivity contribution in [3.05, 3.63) is 0 Å². The Morgan fingerprint density at radius 3 is 1.19 bits per heavy atom. The van der Waals surface area contributed by atoms with Gasteiger partial charge in [-0.05, 0) is 12.8 Å². The standard InChI is InChI=1S/C32H62O5/c1-3-5-7-9-11-12-13-14-15-16-17-18-19-21-23-25-27-32(35)37-30(28-33)29-36-31(34)26-24-22-20-10-8-6-4-2/h30,33H,3-29H2,1-2H3/t30-/m0/s1. The van der Waals surface area contributed by atoms with Crippen LogP contribution in [-0.4, -0.2) is 36.4 Å². The Morgan fingerprint density at radius 2 is 0.838 bits per heavy atom. The van der Waals surface area contributed by atoms with Gasteiger partial charge in [0.15, 0.2) is 6.10 Å². The molecule has 1 N–H and O–H groups in total. The van der Waals surface area contributed by atoms with Gasteiger partial charge in [0.05, 0.1) is 6.61 Å². The van der Waals surface area contributed by atoms with Gasteiger partial charge in [-0.1, -0.05) is 149 Å². The van der Waals surface area contributed by atoms with Crippen molar-refractivity contribution in [3.8, 4) is 0 Å². The zero-order valence-electron chi connectivity index (χ0n) is 24.7. The minimum absolute atomic E-state index is 0.0590. The topological polar surface area (TPSA) is 72.8 Å². The molecule has 5 heteroatoms. The lowest BCUT2D eigenvalue weighted by molar-refractivity contribution is -0.161. The second-order valence-corrected chi connectivity index (χ2v) is 10.9. The number of carbonyl (C=O) groups excluding carboxylic acids is 2. The number of hydrogen-bond donors (Lipinski definition) is 1. The number of carbonyl (C=O) groups is 2. The van der Waals surface area contributed by atoms with Crippen LogP contribution in [-0.2, 0) is 19.1 Å². The van der Waals surface area contributed by atoms with Crippen molar-refractivity contribution < 1.29 is 24.2 Å². The normalized spacial score (nSPS) is 12.0. The van der Waals surface area contributed by atoms with Crippen LogP contribution in [0.5, 0.6) is 0 Å². The van der Waals surface area contributed by atoms with E-state index >= 15 is 0 Å². The fraction of sp³-hybridized carbons (Fsp3) is 0.938. The molecule has 0 aliphatic carbocycles. The first-order valence-electron chi connectivity index (χ1n) is 16.1. The monoisotopic (exact) mass is 526 g/mol. The minimum Gasteiger partial charge on any atom is -0.462 e. The van der Waals surface area contributed by atoms with Crippen LogP contribution in [0, 0.1) is 0 Å². The van der Waals surface area contributed by atoms with Crippen molar-refractivity contribution in [2.24, 2.45) is 0 Å². The summed E-state index contributed by atoms with van der Waals surface area (Å²) in [4.78, 5) is 23.9. The molecule has 0 aromatic carbocycles. The summed E-state index contributed by atoms with van der Waals surface area (Å²) in [6.07, 6.45) is 28.8. The lowest BCUT2D eigenvalue weighted by Crippen LogP contribution is -2.28. The fourth-order valence-corrected chi connectivity index (χ4v) is 4.67. The number of ether oxygens (including phenoxy) is 2. The molecule has 0 aromatic rings. The highest BCUT2D eigenvalue weighted by atomic mass is 16.6. The molecule has 0 saturated carbocycles. The van der Waals surface area contributed by atoms with E-state index in [-0.39, 0.29) is 25.2 Å². The van der Waals surface area contributed by atoms with Gasteiger partial charge < -0.3 is 14.6 Å². The third-order valence-corrected chi connectivity index (χ3v) is 7.15. The molecule has 220 valence electrons. The first-order chi connectivity index (χ1) is 18.1. The zero-order valence-corrected chi connectivity index (χ0v) is 24.7. The molecular formula is C32H62O5. The lowest BCUT2D eigenvalue weighted by Gasteiger charge is -2.15. The second-order valence-electron chi connectivity index (χ2n) is 10.9. The van der Waals surface area contributed by atoms with E-state index in [9.17, 15) is 14.7 Å². The number of rotatable bonds is 29. The van der Waals surface area contributed by atoms with Crippen molar-refractivity contribution in [1.29, 1.82) is 0 Å². The maximum Gasteiger partial charge on any atom is 0.306 e. The molecule has 0 bridgehead atoms. The van der Waals surface area contributed by atoms with Crippen molar-refractivity contribution in [2.45, 2.75) is 180 Å². The van der Waals surface area contributed by atoms with E-state index in [4.69, 9.17) is 9.47 Å². The first-order valence-corrected chi connectivity index (χ1v) is 16.1. The van der Waals surface area contributed by atoms with Crippen LogP contribution < -0.4 is 0 Å². The summed E-state index contributed by atoms with van der Waals surface area (Å²) in [5.41, 5.74) is 0. The molecule has 0 saturated heterocycles. The highest BCUT2D eigenvalue weighted by Crippen LogP contribution is 2.14. The summed E-state index contributed by atoms with van der Waals surface area (Å²) in [6, 6.07) is 0. The maximum absolute atomic E-state index is 12.0. The molecule has 0 fully saturated rings. The van der Waals surface area contributed by atoms with Gasteiger partial charge in [-0.25, -0.2) is 0 Å². The van der Waals surface area contributed by atoms with E-state index in [2.05, 4.69) is 13.8 Å². The molecule has 0 spiro atoms. The average molecular weight is 527 g/mol. The SMILES string of the molecule is CCCCCCCCCCCCCCCCCCC(=O)O[C@@H](CO)COC(=O)CCCCCCCCC. The summed E-state index contributed by atoms with van der Waals surface area (Å²) in [7, 11) is 0. The van der Waals surface area contributed by atoms with Gasteiger partial charge in [0.2, 0.25) is 0 Å². The van der Waals surface area contributed by atoms with E-state index in [1.54, 1.807) is 0 Å². The van der Waals surface area contributed by atoms with Crippen molar-refractivity contribution in [3.63, 3.8) is 0 Å². The predicted octanol–water partition coefficient (Wildman–Crippen LogP) is 9.23. The van der Waals surface area contributed by atoms with Crippen LogP contribution in [0.25, 0.3) is 0 Å². The van der Waals surface area contributed by atoms with Crippen molar-refractivity contribution in [1.82, 2.24) is 0 Å². The molecule has 0 radical (unpaired) electrons. The van der Waals surface area contributed by atoms with Crippen molar-refractivity contribution >= 4 is 11.9 Å². The average Bonchev–Trinajstić information content (AvgIpc) is 2.90. The quantitative estimate of drug-likeness (QED) is 0.0776. The number of esters is 2. The predicted molar refractivity (Wildman–Crippen MR) is 155 cm³/mol. The van der Waals surface area contributed by atoms with Gasteiger partial charge >= 0.3 is 11.9 Å². The van der Waals surface area contributed by atoms with Gasteiger partial charge in [-0.3, -0.25) is 9.59 Å². The highest BCUT2D eigenvalue weighted by Gasteiger charge is 2.16. The third kappa shape index (κ3) is 27.7. The molecule has 0 rings (SSSR count). The van der Waals surface area contributed by atoms with E-state index < -0.39 is 6.10 Å². The van der Waals surface area contributed by atoms with Gasteiger partial charge in [0, 0.05) is 12.8 Å². The summed E-state index contributed by atoms with van der Waals surface area (Å²) >= 11 is 0. The molecule has 0 aromatic heterocycles. The molecule has 0 heterocycles. The lowest BCUT2D eigenvalue weighted by atomic mass is 10.0. The number of aliphatic hydroxyl groups excluding tert-OH is 1. The van der Waals surface area contributed by atoms with E-state index in [1.165, 1.54) is 109 Å². The van der Waals surface area contributed by atoms with Crippen LogP contribution >= 0.6 is 0 Å². The Kier molecular flexibility index (Phi) is 28.6. The van der Waals surface area contributed by atoms with Crippen molar-refractivity contribution in [2.75, 3.05) is 13.2 Å². The Balaban J connectivity index is 3.50.